The van der Waals surface area contributed by atoms with Crippen LogP contribution in [-0.2, 0) is 20.1 Å². The van der Waals surface area contributed by atoms with Crippen LogP contribution < -0.4 is 0 Å². The molecule has 2 aromatic heterocycles. The first-order chi connectivity index (χ1) is 7.79. The van der Waals surface area contributed by atoms with Gasteiger partial charge in [0, 0.05) is 23.2 Å². The maximum absolute atomic E-state index is 4.45. The van der Waals surface area contributed by atoms with Crippen LogP contribution in [0.25, 0.3) is 21.8 Å². The molecular formula is C14H12IrN2+. The first kappa shape index (κ1) is 12.2. The van der Waals surface area contributed by atoms with Gasteiger partial charge in [0.25, 0.3) is 0 Å². The second-order valence-electron chi connectivity index (χ2n) is 4.05. The Morgan fingerprint density at radius 1 is 0.765 bits per heavy atom. The smallest absolute Gasteiger partial charge is 0.254 e. The van der Waals surface area contributed by atoms with Crippen LogP contribution in [0.2, 0.25) is 0 Å². The molecule has 0 fully saturated rings. The van der Waals surface area contributed by atoms with Crippen LogP contribution in [0.1, 0.15) is 11.1 Å². The molecule has 0 atom stereocenters. The van der Waals surface area contributed by atoms with E-state index in [1.54, 1.807) is 0 Å². The average molecular weight is 400 g/mol. The fraction of sp³-hybridized carbons (Fsp3) is 0.143. The molecule has 0 aliphatic carbocycles. The predicted octanol–water partition coefficient (Wildman–Crippen LogP) is 3.40. The van der Waals surface area contributed by atoms with Crippen LogP contribution in [-0.4, -0.2) is 9.97 Å². The molecule has 0 spiro atoms. The van der Waals surface area contributed by atoms with Gasteiger partial charge in [-0.1, -0.05) is 12.1 Å². The molecule has 0 saturated heterocycles. The van der Waals surface area contributed by atoms with E-state index >= 15 is 0 Å². The van der Waals surface area contributed by atoms with E-state index in [9.17, 15) is 0 Å². The molecule has 0 unspecified atom stereocenters. The number of aromatic nitrogens is 2. The largest absolute Gasteiger partial charge is 1.00 e. The van der Waals surface area contributed by atoms with E-state index in [4.69, 9.17) is 0 Å². The molecule has 0 aliphatic rings. The zero-order valence-electron chi connectivity index (χ0n) is 9.69. The van der Waals surface area contributed by atoms with E-state index in [2.05, 4.69) is 35.9 Å². The molecule has 0 saturated carbocycles. The van der Waals surface area contributed by atoms with Gasteiger partial charge in [-0.15, -0.1) is 0 Å². The quantitative estimate of drug-likeness (QED) is 0.541. The first-order valence-electron chi connectivity index (χ1n) is 5.37. The van der Waals surface area contributed by atoms with Gasteiger partial charge >= 0.3 is 20.1 Å². The maximum Gasteiger partial charge on any atom is 1.00 e. The summed E-state index contributed by atoms with van der Waals surface area (Å²) >= 11 is 0. The molecule has 3 heteroatoms. The van der Waals surface area contributed by atoms with Crippen molar-refractivity contribution in [3.63, 3.8) is 0 Å². The van der Waals surface area contributed by atoms with Crippen molar-refractivity contribution >= 4 is 21.8 Å². The van der Waals surface area contributed by atoms with Crippen molar-refractivity contribution in [3.8, 4) is 0 Å². The molecule has 0 bridgehead atoms. The van der Waals surface area contributed by atoms with Crippen LogP contribution in [0.5, 0.6) is 0 Å². The minimum absolute atomic E-state index is 0. The summed E-state index contributed by atoms with van der Waals surface area (Å²) < 4.78 is 0. The van der Waals surface area contributed by atoms with Gasteiger partial charge in [0.1, 0.15) is 0 Å². The summed E-state index contributed by atoms with van der Waals surface area (Å²) in [6.45, 7) is 4.29. The molecule has 2 heterocycles. The van der Waals surface area contributed by atoms with Gasteiger partial charge in [-0.2, -0.15) is 0 Å². The molecule has 3 aromatic rings. The van der Waals surface area contributed by atoms with E-state index in [1.807, 2.05) is 24.5 Å². The number of nitrogens with zero attached hydrogens (tertiary/aromatic N) is 2. The molecule has 3 rings (SSSR count). The fourth-order valence-corrected chi connectivity index (χ4v) is 2.20. The van der Waals surface area contributed by atoms with Crippen molar-refractivity contribution in [2.24, 2.45) is 0 Å². The summed E-state index contributed by atoms with van der Waals surface area (Å²) in [7, 11) is 0. The monoisotopic (exact) mass is 401 g/mol. The van der Waals surface area contributed by atoms with Gasteiger partial charge in [0.15, 0.2) is 0 Å². The molecule has 1 aromatic carbocycles. The molecule has 86 valence electrons. The van der Waals surface area contributed by atoms with E-state index in [0.717, 1.165) is 11.0 Å². The second-order valence-corrected chi connectivity index (χ2v) is 4.05. The molecular weight excluding hydrogens is 388 g/mol. The summed E-state index contributed by atoms with van der Waals surface area (Å²) in [6, 6.07) is 8.17. The van der Waals surface area contributed by atoms with Crippen molar-refractivity contribution in [1.29, 1.82) is 0 Å². The van der Waals surface area contributed by atoms with Crippen LogP contribution in [0, 0.1) is 13.8 Å². The zero-order valence-corrected chi connectivity index (χ0v) is 12.1. The standard InChI is InChI=1S/C14H12N2.Ir/c1-9-10(2)12-6-4-8-16-14(12)13-11(9)5-3-7-15-13;/h3-8H,1-2H3;/q;+1. The number of aryl methyl sites for hydroxylation is 2. The van der Waals surface area contributed by atoms with Gasteiger partial charge in [0.2, 0.25) is 0 Å². The van der Waals surface area contributed by atoms with E-state index in [1.165, 1.54) is 21.9 Å². The van der Waals surface area contributed by atoms with Gasteiger partial charge in [0.05, 0.1) is 11.0 Å². The maximum atomic E-state index is 4.45. The van der Waals surface area contributed by atoms with E-state index in [-0.39, 0.29) is 20.1 Å². The number of fused-ring (bicyclic) bond motifs is 3. The molecule has 0 amide bonds. The zero-order chi connectivity index (χ0) is 11.1. The Labute approximate surface area is 113 Å². The van der Waals surface area contributed by atoms with Crippen LogP contribution in [0.15, 0.2) is 36.7 Å². The first-order valence-corrected chi connectivity index (χ1v) is 5.37. The third-order valence-electron chi connectivity index (χ3n) is 3.21. The Balaban J connectivity index is 0.00000108. The minimum Gasteiger partial charge on any atom is -0.254 e. The van der Waals surface area contributed by atoms with Crippen molar-refractivity contribution < 1.29 is 20.1 Å². The van der Waals surface area contributed by atoms with Crippen LogP contribution in [0.3, 0.4) is 0 Å². The minimum atomic E-state index is 0. The van der Waals surface area contributed by atoms with Crippen molar-refractivity contribution in [3.05, 3.63) is 47.8 Å². The van der Waals surface area contributed by atoms with E-state index < -0.39 is 0 Å². The third-order valence-corrected chi connectivity index (χ3v) is 3.21. The number of pyridine rings is 2. The summed E-state index contributed by atoms with van der Waals surface area (Å²) in [5.74, 6) is 0. The predicted molar refractivity (Wildman–Crippen MR) is 66.5 cm³/mol. The number of hydrogen-bond acceptors (Lipinski definition) is 2. The van der Waals surface area contributed by atoms with Crippen LogP contribution in [0.4, 0.5) is 0 Å². The summed E-state index contributed by atoms with van der Waals surface area (Å²) in [5, 5.41) is 2.40. The average Bonchev–Trinajstić information content (AvgIpc) is 2.36. The number of benzene rings is 1. The summed E-state index contributed by atoms with van der Waals surface area (Å²) in [6.07, 6.45) is 3.65. The Hall–Kier alpha value is -1.31. The van der Waals surface area contributed by atoms with Gasteiger partial charge in [-0.25, -0.2) is 0 Å². The normalized spacial score (nSPS) is 10.5. The van der Waals surface area contributed by atoms with Crippen molar-refractivity contribution in [2.45, 2.75) is 13.8 Å². The SMILES string of the molecule is Cc1c(C)c2cccnc2c2ncccc12.[Ir+]. The topological polar surface area (TPSA) is 25.8 Å². The molecule has 0 aliphatic heterocycles. The Bertz CT molecular complexity index is 631. The Morgan fingerprint density at radius 2 is 1.18 bits per heavy atom. The third kappa shape index (κ3) is 1.76. The van der Waals surface area contributed by atoms with Crippen molar-refractivity contribution in [1.82, 2.24) is 9.97 Å². The van der Waals surface area contributed by atoms with E-state index in [0.29, 0.717) is 0 Å². The van der Waals surface area contributed by atoms with Gasteiger partial charge in [-0.3, -0.25) is 9.97 Å². The molecule has 17 heavy (non-hydrogen) atoms. The fourth-order valence-electron chi connectivity index (χ4n) is 2.20. The Morgan fingerprint density at radius 3 is 1.59 bits per heavy atom. The summed E-state index contributed by atoms with van der Waals surface area (Å²) in [5.41, 5.74) is 4.59. The molecule has 0 radical (unpaired) electrons. The van der Waals surface area contributed by atoms with Crippen LogP contribution >= 0.6 is 0 Å². The second kappa shape index (κ2) is 4.52. The van der Waals surface area contributed by atoms with Crippen molar-refractivity contribution in [2.75, 3.05) is 0 Å². The number of hydrogen-bond donors (Lipinski definition) is 0. The van der Waals surface area contributed by atoms with Gasteiger partial charge in [-0.05, 0) is 37.1 Å². The van der Waals surface area contributed by atoms with Gasteiger partial charge < -0.3 is 0 Å². The number of rotatable bonds is 0. The molecule has 0 N–H and O–H groups in total. The Kier molecular flexibility index (Phi) is 3.23. The molecule has 2 nitrogen and oxygen atoms in total. The summed E-state index contributed by atoms with van der Waals surface area (Å²) in [4.78, 5) is 8.90.